The molecular formula is C14H18NO2+. The number of rotatable bonds is 0. The molecule has 0 amide bonds. The van der Waals surface area contributed by atoms with Crippen molar-refractivity contribution in [2.75, 3.05) is 0 Å². The summed E-state index contributed by atoms with van der Waals surface area (Å²) in [6.07, 6.45) is 4.19. The number of aromatic hydroxyl groups is 1. The lowest BCUT2D eigenvalue weighted by Gasteiger charge is -2.44. The molecule has 3 nitrogen and oxygen atoms in total. The van der Waals surface area contributed by atoms with E-state index in [0.29, 0.717) is 5.75 Å². The highest BCUT2D eigenvalue weighted by Gasteiger charge is 2.46. The monoisotopic (exact) mass is 232 g/mol. The normalized spacial score (nSPS) is 20.7. The van der Waals surface area contributed by atoms with E-state index >= 15 is 0 Å². The highest BCUT2D eigenvalue weighted by Crippen LogP contribution is 2.46. The molecule has 3 heteroatoms. The van der Waals surface area contributed by atoms with Crippen molar-refractivity contribution in [1.29, 1.82) is 0 Å². The SMILES string of the molecule is Cc1cc2c(c(C)c1O)C(=[NH2+])CC1(CCC1)O2. The molecule has 0 atom stereocenters. The van der Waals surface area contributed by atoms with Gasteiger partial charge in [0.25, 0.3) is 0 Å². The Morgan fingerprint density at radius 2 is 2.06 bits per heavy atom. The summed E-state index contributed by atoms with van der Waals surface area (Å²) in [6.45, 7) is 3.79. The molecule has 1 aliphatic carbocycles. The number of hydrogen-bond acceptors (Lipinski definition) is 2. The first kappa shape index (κ1) is 10.6. The van der Waals surface area contributed by atoms with Crippen molar-refractivity contribution in [3.8, 4) is 11.5 Å². The molecule has 0 saturated heterocycles. The van der Waals surface area contributed by atoms with E-state index in [9.17, 15) is 5.11 Å². The van der Waals surface area contributed by atoms with Gasteiger partial charge in [0.15, 0.2) is 5.71 Å². The highest BCUT2D eigenvalue weighted by atomic mass is 16.5. The number of phenols is 1. The Morgan fingerprint density at radius 1 is 1.35 bits per heavy atom. The Hall–Kier alpha value is -1.51. The molecule has 2 aliphatic rings. The first-order valence-electron chi connectivity index (χ1n) is 6.16. The van der Waals surface area contributed by atoms with Gasteiger partial charge >= 0.3 is 0 Å². The zero-order valence-corrected chi connectivity index (χ0v) is 10.3. The summed E-state index contributed by atoms with van der Waals surface area (Å²) < 4.78 is 6.13. The Labute approximate surface area is 101 Å². The van der Waals surface area contributed by atoms with E-state index in [0.717, 1.165) is 47.4 Å². The van der Waals surface area contributed by atoms with Gasteiger partial charge in [0.2, 0.25) is 0 Å². The second-order valence-electron chi connectivity index (χ2n) is 5.38. The minimum absolute atomic E-state index is 0.0487. The first-order chi connectivity index (χ1) is 8.02. The van der Waals surface area contributed by atoms with Crippen LogP contribution in [0.2, 0.25) is 0 Å². The minimum atomic E-state index is -0.0487. The van der Waals surface area contributed by atoms with Gasteiger partial charge in [-0.1, -0.05) is 0 Å². The molecule has 1 aliphatic heterocycles. The van der Waals surface area contributed by atoms with Gasteiger partial charge in [0.05, 0.1) is 12.0 Å². The van der Waals surface area contributed by atoms with Crippen molar-refractivity contribution in [2.24, 2.45) is 0 Å². The predicted octanol–water partition coefficient (Wildman–Crippen LogP) is 1.26. The number of nitrogens with two attached hydrogens (primary N) is 1. The van der Waals surface area contributed by atoms with E-state index in [1.807, 2.05) is 19.9 Å². The van der Waals surface area contributed by atoms with Crippen LogP contribution < -0.4 is 10.1 Å². The summed E-state index contributed by atoms with van der Waals surface area (Å²) in [6, 6.07) is 1.91. The maximum atomic E-state index is 9.96. The quantitative estimate of drug-likeness (QED) is 0.707. The topological polar surface area (TPSA) is 55.0 Å². The van der Waals surface area contributed by atoms with Crippen molar-refractivity contribution in [3.63, 3.8) is 0 Å². The summed E-state index contributed by atoms with van der Waals surface area (Å²) in [5.74, 6) is 1.18. The molecule has 0 aromatic heterocycles. The lowest BCUT2D eigenvalue weighted by atomic mass is 9.73. The van der Waals surface area contributed by atoms with Crippen LogP contribution in [0.3, 0.4) is 0 Å². The van der Waals surface area contributed by atoms with Gasteiger partial charge in [-0.2, -0.15) is 0 Å². The van der Waals surface area contributed by atoms with Crippen LogP contribution >= 0.6 is 0 Å². The van der Waals surface area contributed by atoms with Gasteiger partial charge in [-0.25, -0.2) is 0 Å². The third-order valence-corrected chi connectivity index (χ3v) is 4.12. The molecule has 1 aromatic rings. The van der Waals surface area contributed by atoms with E-state index in [2.05, 4.69) is 0 Å². The molecule has 1 heterocycles. The first-order valence-corrected chi connectivity index (χ1v) is 6.16. The van der Waals surface area contributed by atoms with Crippen LogP contribution in [0.25, 0.3) is 0 Å². The van der Waals surface area contributed by atoms with Crippen LogP contribution in [0.1, 0.15) is 42.4 Å². The fourth-order valence-corrected chi connectivity index (χ4v) is 2.97. The number of benzene rings is 1. The fraction of sp³-hybridized carbons (Fsp3) is 0.500. The van der Waals surface area contributed by atoms with Crippen LogP contribution in [-0.2, 0) is 0 Å². The lowest BCUT2D eigenvalue weighted by Crippen LogP contribution is -2.54. The molecule has 0 radical (unpaired) electrons. The van der Waals surface area contributed by atoms with Crippen molar-refractivity contribution in [1.82, 2.24) is 0 Å². The highest BCUT2D eigenvalue weighted by molar-refractivity contribution is 6.02. The second-order valence-corrected chi connectivity index (χ2v) is 5.38. The average Bonchev–Trinajstić information content (AvgIpc) is 2.23. The van der Waals surface area contributed by atoms with Crippen LogP contribution in [0.4, 0.5) is 0 Å². The number of hydrogen-bond donors (Lipinski definition) is 2. The number of fused-ring (bicyclic) bond motifs is 1. The van der Waals surface area contributed by atoms with Crippen LogP contribution in [0.15, 0.2) is 6.07 Å². The third kappa shape index (κ3) is 1.38. The number of ether oxygens (including phenoxy) is 1. The average molecular weight is 232 g/mol. The van der Waals surface area contributed by atoms with Crippen molar-refractivity contribution >= 4 is 5.71 Å². The van der Waals surface area contributed by atoms with Gasteiger partial charge in [0, 0.05) is 5.56 Å². The molecular weight excluding hydrogens is 214 g/mol. The molecule has 1 saturated carbocycles. The van der Waals surface area contributed by atoms with Gasteiger partial charge in [-0.05, 0) is 44.7 Å². The molecule has 3 N–H and O–H groups in total. The summed E-state index contributed by atoms with van der Waals surface area (Å²) in [5.41, 5.74) is 3.41. The third-order valence-electron chi connectivity index (χ3n) is 4.12. The molecule has 90 valence electrons. The summed E-state index contributed by atoms with van der Waals surface area (Å²) in [7, 11) is 0. The fourth-order valence-electron chi connectivity index (χ4n) is 2.97. The van der Waals surface area contributed by atoms with E-state index < -0.39 is 0 Å². The van der Waals surface area contributed by atoms with Gasteiger partial charge in [0.1, 0.15) is 17.1 Å². The van der Waals surface area contributed by atoms with Crippen molar-refractivity contribution < 1.29 is 15.3 Å². The molecule has 1 aromatic carbocycles. The summed E-state index contributed by atoms with van der Waals surface area (Å²) in [4.78, 5) is 0. The molecule has 1 spiro atoms. The second kappa shape index (κ2) is 3.25. The Kier molecular flexibility index (Phi) is 2.03. The number of aryl methyl sites for hydroxylation is 1. The van der Waals surface area contributed by atoms with Gasteiger partial charge in [-0.3, -0.25) is 5.41 Å². The zero-order chi connectivity index (χ0) is 12.2. The predicted molar refractivity (Wildman–Crippen MR) is 65.4 cm³/mol. The van der Waals surface area contributed by atoms with Gasteiger partial charge in [-0.15, -0.1) is 0 Å². The minimum Gasteiger partial charge on any atom is -0.507 e. The zero-order valence-electron chi connectivity index (χ0n) is 10.3. The standard InChI is InChI=1S/C14H17NO2/c1-8-6-11-12(9(2)13(8)16)10(15)7-14(17-11)4-3-5-14/h6,15-16H,3-5,7H2,1-2H3/p+1. The number of phenolic OH excluding ortho intramolecular Hbond substituents is 1. The maximum absolute atomic E-state index is 9.96. The summed E-state index contributed by atoms with van der Waals surface area (Å²) >= 11 is 0. The van der Waals surface area contributed by atoms with E-state index in [4.69, 9.17) is 10.1 Å². The largest absolute Gasteiger partial charge is 0.507 e. The van der Waals surface area contributed by atoms with Crippen LogP contribution in [0, 0.1) is 13.8 Å². The Bertz CT molecular complexity index is 515. The Morgan fingerprint density at radius 3 is 2.65 bits per heavy atom. The van der Waals surface area contributed by atoms with Crippen molar-refractivity contribution in [3.05, 3.63) is 22.8 Å². The summed E-state index contributed by atoms with van der Waals surface area (Å²) in [5, 5.41) is 16.1. The van der Waals surface area contributed by atoms with E-state index in [1.54, 1.807) is 0 Å². The van der Waals surface area contributed by atoms with E-state index in [1.165, 1.54) is 6.42 Å². The molecule has 1 fully saturated rings. The van der Waals surface area contributed by atoms with Gasteiger partial charge < -0.3 is 9.84 Å². The Balaban J connectivity index is 2.15. The molecule has 17 heavy (non-hydrogen) atoms. The van der Waals surface area contributed by atoms with Crippen LogP contribution in [0.5, 0.6) is 11.5 Å². The van der Waals surface area contributed by atoms with Crippen LogP contribution in [-0.4, -0.2) is 16.4 Å². The smallest absolute Gasteiger partial charge is 0.188 e. The maximum Gasteiger partial charge on any atom is 0.188 e. The molecule has 0 bridgehead atoms. The molecule has 3 rings (SSSR count). The van der Waals surface area contributed by atoms with E-state index in [-0.39, 0.29) is 5.60 Å². The van der Waals surface area contributed by atoms with Crippen molar-refractivity contribution in [2.45, 2.75) is 45.1 Å². The lowest BCUT2D eigenvalue weighted by molar-refractivity contribution is -0.125. The molecule has 0 unspecified atom stereocenters.